The van der Waals surface area contributed by atoms with E-state index in [1.54, 1.807) is 6.20 Å². The van der Waals surface area contributed by atoms with E-state index in [1.807, 2.05) is 43.0 Å². The van der Waals surface area contributed by atoms with Gasteiger partial charge >= 0.3 is 0 Å². The van der Waals surface area contributed by atoms with Crippen molar-refractivity contribution in [2.75, 3.05) is 19.6 Å². The highest BCUT2D eigenvalue weighted by atomic mass is 35.5. The van der Waals surface area contributed by atoms with Crippen LogP contribution in [0.4, 0.5) is 4.39 Å². The number of carbonyl (C=O) groups is 2. The molecule has 2 aliphatic rings. The Kier molecular flexibility index (Phi) is 6.31. The highest BCUT2D eigenvalue weighted by Gasteiger charge is 2.35. The number of hydrogen-bond donors (Lipinski definition) is 0. The van der Waals surface area contributed by atoms with Crippen LogP contribution in [0.3, 0.4) is 0 Å². The number of amides is 2. The molecule has 0 bridgehead atoms. The van der Waals surface area contributed by atoms with E-state index in [1.165, 1.54) is 16.2 Å². The van der Waals surface area contributed by atoms with Gasteiger partial charge in [0.05, 0.1) is 16.8 Å². The fraction of sp³-hybridized carbons (Fsp3) is 0.400. The van der Waals surface area contributed by atoms with Gasteiger partial charge in [-0.25, -0.2) is 4.39 Å². The minimum absolute atomic E-state index is 0.143. The lowest BCUT2D eigenvalue weighted by atomic mass is 10.0. The molecule has 2 atom stereocenters. The molecule has 34 heavy (non-hydrogen) atoms. The van der Waals surface area contributed by atoms with Crippen LogP contribution in [0.5, 0.6) is 5.75 Å². The number of aryl methyl sites for hydroxylation is 1. The lowest BCUT2D eigenvalue weighted by Gasteiger charge is -2.21. The van der Waals surface area contributed by atoms with Gasteiger partial charge in [-0.2, -0.15) is 0 Å². The van der Waals surface area contributed by atoms with Crippen molar-refractivity contribution in [1.82, 2.24) is 14.8 Å². The van der Waals surface area contributed by atoms with Crippen LogP contribution in [0.2, 0.25) is 5.02 Å². The number of thiophene rings is 1. The summed E-state index contributed by atoms with van der Waals surface area (Å²) in [6.07, 6.45) is 0.627. The first kappa shape index (κ1) is 23.2. The van der Waals surface area contributed by atoms with Crippen molar-refractivity contribution in [3.05, 3.63) is 45.9 Å². The van der Waals surface area contributed by atoms with Crippen molar-refractivity contribution in [1.29, 1.82) is 0 Å². The standard InChI is InChI=1S/C25H25ClFN3O3S/c1-3-29-12-19(27)21(13-29)33-24-14(2)8-15(26)9-18(24)17-6-7-28-20-10-16(34-25(17)20)11-30-22(31)4-5-23(30)32/h6-10,19,21H,3-5,11-13H2,1-2H3/t19-,21+/m0/s1. The molecular formula is C25H25ClFN3O3S. The van der Waals surface area contributed by atoms with E-state index in [9.17, 15) is 14.0 Å². The molecule has 1 aromatic carbocycles. The molecule has 0 aliphatic carbocycles. The second-order valence-corrected chi connectivity index (χ2v) is 10.4. The molecule has 2 aliphatic heterocycles. The lowest BCUT2D eigenvalue weighted by molar-refractivity contribution is -0.138. The monoisotopic (exact) mass is 501 g/mol. The Morgan fingerprint density at radius 2 is 1.94 bits per heavy atom. The quantitative estimate of drug-likeness (QED) is 0.445. The fourth-order valence-electron chi connectivity index (χ4n) is 4.65. The first-order valence-electron chi connectivity index (χ1n) is 11.4. The van der Waals surface area contributed by atoms with E-state index in [0.29, 0.717) is 23.9 Å². The van der Waals surface area contributed by atoms with Gasteiger partial charge in [0.1, 0.15) is 11.9 Å². The third-order valence-corrected chi connectivity index (χ3v) is 7.81. The van der Waals surface area contributed by atoms with Crippen molar-refractivity contribution in [2.24, 2.45) is 0 Å². The molecule has 3 aromatic rings. The van der Waals surface area contributed by atoms with Crippen molar-refractivity contribution in [2.45, 2.75) is 45.5 Å². The van der Waals surface area contributed by atoms with Crippen LogP contribution in [0.25, 0.3) is 21.3 Å². The molecule has 0 saturated carbocycles. The summed E-state index contributed by atoms with van der Waals surface area (Å²) in [4.78, 5) is 32.9. The Hall–Kier alpha value is -2.55. The molecule has 178 valence electrons. The van der Waals surface area contributed by atoms with Gasteiger partial charge in [0.25, 0.3) is 0 Å². The highest BCUT2D eigenvalue weighted by molar-refractivity contribution is 7.19. The van der Waals surface area contributed by atoms with E-state index in [0.717, 1.165) is 38.3 Å². The number of fused-ring (bicyclic) bond motifs is 1. The topological polar surface area (TPSA) is 62.7 Å². The Morgan fingerprint density at radius 3 is 2.65 bits per heavy atom. The second-order valence-electron chi connectivity index (χ2n) is 8.78. The summed E-state index contributed by atoms with van der Waals surface area (Å²) in [6, 6.07) is 7.47. The van der Waals surface area contributed by atoms with E-state index in [-0.39, 0.29) is 31.2 Å². The summed E-state index contributed by atoms with van der Waals surface area (Å²) in [5.41, 5.74) is 3.25. The number of imide groups is 1. The molecule has 0 unspecified atom stereocenters. The molecule has 0 spiro atoms. The highest BCUT2D eigenvalue weighted by Crippen LogP contribution is 2.42. The maximum absolute atomic E-state index is 14.7. The van der Waals surface area contributed by atoms with Crippen molar-refractivity contribution in [3.8, 4) is 16.9 Å². The summed E-state index contributed by atoms with van der Waals surface area (Å²) >= 11 is 7.92. The number of aromatic nitrogens is 1. The number of alkyl halides is 1. The number of ether oxygens (including phenoxy) is 1. The molecule has 4 heterocycles. The summed E-state index contributed by atoms with van der Waals surface area (Å²) in [6.45, 7) is 5.84. The lowest BCUT2D eigenvalue weighted by Crippen LogP contribution is -2.28. The van der Waals surface area contributed by atoms with Crippen LogP contribution in [-0.4, -0.2) is 58.5 Å². The number of halogens is 2. The van der Waals surface area contributed by atoms with Crippen LogP contribution < -0.4 is 4.74 Å². The van der Waals surface area contributed by atoms with Gasteiger partial charge in [-0.1, -0.05) is 18.5 Å². The first-order valence-corrected chi connectivity index (χ1v) is 12.6. The minimum Gasteiger partial charge on any atom is -0.485 e. The van der Waals surface area contributed by atoms with Crippen molar-refractivity contribution in [3.63, 3.8) is 0 Å². The summed E-state index contributed by atoms with van der Waals surface area (Å²) in [5.74, 6) is 0.327. The third kappa shape index (κ3) is 4.30. The Balaban J connectivity index is 1.54. The second kappa shape index (κ2) is 9.24. The van der Waals surface area contributed by atoms with Gasteiger partial charge in [-0.05, 0) is 43.3 Å². The largest absolute Gasteiger partial charge is 0.485 e. The van der Waals surface area contributed by atoms with Crippen molar-refractivity contribution >= 4 is 45.0 Å². The number of likely N-dealkylation sites (N-methyl/N-ethyl adjacent to an activating group) is 1. The zero-order chi connectivity index (χ0) is 24.0. The normalized spacial score (nSPS) is 21.2. The molecule has 2 aromatic heterocycles. The maximum Gasteiger partial charge on any atom is 0.230 e. The van der Waals surface area contributed by atoms with Crippen LogP contribution in [0, 0.1) is 6.92 Å². The van der Waals surface area contributed by atoms with Gasteiger partial charge in [-0.15, -0.1) is 11.3 Å². The van der Waals surface area contributed by atoms with Gasteiger partial charge < -0.3 is 4.74 Å². The molecule has 0 N–H and O–H groups in total. The molecule has 5 rings (SSSR count). The first-order chi connectivity index (χ1) is 16.3. The molecule has 0 radical (unpaired) electrons. The zero-order valence-corrected chi connectivity index (χ0v) is 20.6. The van der Waals surface area contributed by atoms with Gasteiger partial charge in [0.2, 0.25) is 11.8 Å². The fourth-order valence-corrected chi connectivity index (χ4v) is 6.05. The zero-order valence-electron chi connectivity index (χ0n) is 19.0. The summed E-state index contributed by atoms with van der Waals surface area (Å²) in [5, 5.41) is 0.563. The number of nitrogens with zero attached hydrogens (tertiary/aromatic N) is 3. The Labute approximate surface area is 206 Å². The van der Waals surface area contributed by atoms with E-state index >= 15 is 0 Å². The number of hydrogen-bond acceptors (Lipinski definition) is 6. The Morgan fingerprint density at radius 1 is 1.18 bits per heavy atom. The number of benzene rings is 1. The molecule has 9 heteroatoms. The molecule has 2 amide bonds. The van der Waals surface area contributed by atoms with E-state index < -0.39 is 12.3 Å². The number of pyridine rings is 1. The average molecular weight is 502 g/mol. The number of rotatable bonds is 6. The summed E-state index contributed by atoms with van der Waals surface area (Å²) in [7, 11) is 0. The van der Waals surface area contributed by atoms with Crippen LogP contribution in [0.1, 0.15) is 30.2 Å². The van der Waals surface area contributed by atoms with E-state index in [2.05, 4.69) is 4.98 Å². The predicted molar refractivity (Wildman–Crippen MR) is 131 cm³/mol. The smallest absolute Gasteiger partial charge is 0.230 e. The van der Waals surface area contributed by atoms with Gasteiger partial charge in [0, 0.05) is 53.2 Å². The number of carbonyl (C=O) groups excluding carboxylic acids is 2. The summed E-state index contributed by atoms with van der Waals surface area (Å²) < 4.78 is 21.9. The molecule has 2 fully saturated rings. The van der Waals surface area contributed by atoms with Gasteiger partial charge in [-0.3, -0.25) is 24.4 Å². The van der Waals surface area contributed by atoms with Crippen LogP contribution in [0.15, 0.2) is 30.5 Å². The van der Waals surface area contributed by atoms with Gasteiger partial charge in [0.15, 0.2) is 6.17 Å². The molecule has 6 nitrogen and oxygen atoms in total. The Bertz CT molecular complexity index is 1260. The third-order valence-electron chi connectivity index (χ3n) is 6.45. The SMILES string of the molecule is CCN1C[C@H](F)[C@H](Oc2c(C)cc(Cl)cc2-c2ccnc3cc(CN4C(=O)CCC4=O)sc23)C1. The van der Waals surface area contributed by atoms with Crippen molar-refractivity contribution < 1.29 is 18.7 Å². The van der Waals surface area contributed by atoms with Crippen LogP contribution >= 0.6 is 22.9 Å². The minimum atomic E-state index is -1.07. The maximum atomic E-state index is 14.7. The molecule has 2 saturated heterocycles. The number of likely N-dealkylation sites (tertiary alicyclic amines) is 2. The van der Waals surface area contributed by atoms with E-state index in [4.69, 9.17) is 16.3 Å². The van der Waals surface area contributed by atoms with Crippen LogP contribution in [-0.2, 0) is 16.1 Å². The molecular weight excluding hydrogens is 477 g/mol. The average Bonchev–Trinajstić information content (AvgIpc) is 3.48. The predicted octanol–water partition coefficient (Wildman–Crippen LogP) is 5.00.